The van der Waals surface area contributed by atoms with Crippen molar-refractivity contribution in [1.29, 1.82) is 0 Å². The first-order chi connectivity index (χ1) is 5.54. The molecule has 72 valence electrons. The average Bonchev–Trinajstić information content (AvgIpc) is 2.11. The summed E-state index contributed by atoms with van der Waals surface area (Å²) in [7, 11) is 0. The molecule has 0 N–H and O–H groups in total. The van der Waals surface area contributed by atoms with Crippen molar-refractivity contribution in [3.05, 3.63) is 0 Å². The zero-order valence-corrected chi connectivity index (χ0v) is 10.5. The van der Waals surface area contributed by atoms with Crippen molar-refractivity contribution in [3.8, 4) is 0 Å². The Morgan fingerprint density at radius 2 is 1.33 bits per heavy atom. The van der Waals surface area contributed by atoms with E-state index in [2.05, 4.69) is 13.8 Å². The molecule has 0 bridgehead atoms. The van der Waals surface area contributed by atoms with Crippen molar-refractivity contribution in [3.63, 3.8) is 0 Å². The largest absolute Gasteiger partial charge is 0.152 e. The normalized spacial score (nSPS) is 43.0. The Morgan fingerprint density at radius 3 is 1.50 bits per heavy atom. The summed E-state index contributed by atoms with van der Waals surface area (Å²) in [5.74, 6) is 3.71. The molecule has 0 radical (unpaired) electrons. The third-order valence-electron chi connectivity index (χ3n) is 2.02. The maximum atomic E-state index is 5.89. The lowest BCUT2D eigenvalue weighted by molar-refractivity contribution is 0.753. The van der Waals surface area contributed by atoms with Crippen LogP contribution < -0.4 is 0 Å². The van der Waals surface area contributed by atoms with Crippen molar-refractivity contribution >= 4 is 46.7 Å². The van der Waals surface area contributed by atoms with Gasteiger partial charge in [-0.1, -0.05) is 0 Å². The topological polar surface area (TPSA) is 0 Å². The number of thioether (sulfide) groups is 2. The van der Waals surface area contributed by atoms with Crippen LogP contribution in [0.3, 0.4) is 0 Å². The summed E-state index contributed by atoms with van der Waals surface area (Å²) >= 11 is 15.7. The maximum absolute atomic E-state index is 5.89. The molecule has 0 amide bonds. The number of halogens is 2. The highest BCUT2D eigenvalue weighted by molar-refractivity contribution is 8.08. The van der Waals surface area contributed by atoms with Gasteiger partial charge in [-0.2, -0.15) is 23.5 Å². The highest BCUT2D eigenvalue weighted by Crippen LogP contribution is 2.45. The van der Waals surface area contributed by atoms with Crippen molar-refractivity contribution in [1.82, 2.24) is 0 Å². The van der Waals surface area contributed by atoms with Gasteiger partial charge in [-0.25, -0.2) is 0 Å². The number of alkyl halides is 2. The molecule has 1 saturated heterocycles. The van der Waals surface area contributed by atoms with Gasteiger partial charge in [0, 0.05) is 32.8 Å². The molecule has 2 atom stereocenters. The van der Waals surface area contributed by atoms with Crippen LogP contribution in [0, 0.1) is 0 Å². The molecule has 1 heterocycles. The van der Waals surface area contributed by atoms with Gasteiger partial charge >= 0.3 is 0 Å². The second-order valence-corrected chi connectivity index (χ2v) is 7.40. The van der Waals surface area contributed by atoms with Crippen LogP contribution in [0.25, 0.3) is 0 Å². The minimum absolute atomic E-state index is 0.262. The van der Waals surface area contributed by atoms with E-state index in [0.29, 0.717) is 0 Å². The van der Waals surface area contributed by atoms with Crippen LogP contribution in [-0.2, 0) is 0 Å². The minimum atomic E-state index is 0.262. The molecule has 0 saturated carbocycles. The lowest BCUT2D eigenvalue weighted by atomic mass is 10.2. The van der Waals surface area contributed by atoms with Crippen LogP contribution in [0.15, 0.2) is 0 Å². The van der Waals surface area contributed by atoms with Crippen LogP contribution in [0.5, 0.6) is 0 Å². The first-order valence-electron chi connectivity index (χ1n) is 3.93. The van der Waals surface area contributed by atoms with Gasteiger partial charge in [-0.15, -0.1) is 23.2 Å². The smallest absolute Gasteiger partial charge is 0.0376 e. The van der Waals surface area contributed by atoms with Gasteiger partial charge in [0.25, 0.3) is 0 Å². The van der Waals surface area contributed by atoms with E-state index in [-0.39, 0.29) is 9.49 Å². The molecule has 1 aliphatic rings. The Labute approximate surface area is 93.1 Å². The van der Waals surface area contributed by atoms with Gasteiger partial charge in [0.1, 0.15) is 0 Å². The predicted octanol–water partition coefficient (Wildman–Crippen LogP) is 3.46. The molecule has 1 aliphatic heterocycles. The zero-order valence-electron chi connectivity index (χ0n) is 7.40. The first-order valence-corrected chi connectivity index (χ1v) is 6.97. The van der Waals surface area contributed by atoms with Crippen molar-refractivity contribution in [2.75, 3.05) is 23.3 Å². The SMILES string of the molecule is CC1(CCl)CSC(C)(CCl)CS1. The summed E-state index contributed by atoms with van der Waals surface area (Å²) in [5, 5.41) is 0. The van der Waals surface area contributed by atoms with Crippen LogP contribution >= 0.6 is 46.7 Å². The van der Waals surface area contributed by atoms with Crippen LogP contribution in [0.4, 0.5) is 0 Å². The Bertz CT molecular complexity index is 135. The quantitative estimate of drug-likeness (QED) is 0.683. The summed E-state index contributed by atoms with van der Waals surface area (Å²) in [5.41, 5.74) is 0. The zero-order chi connectivity index (χ0) is 9.24. The van der Waals surface area contributed by atoms with E-state index in [1.165, 1.54) is 0 Å². The van der Waals surface area contributed by atoms with Crippen molar-refractivity contribution in [2.24, 2.45) is 0 Å². The number of hydrogen-bond acceptors (Lipinski definition) is 2. The maximum Gasteiger partial charge on any atom is 0.0376 e. The molecule has 2 unspecified atom stereocenters. The molecule has 0 nitrogen and oxygen atoms in total. The Hall–Kier alpha value is 1.28. The molecule has 0 aromatic heterocycles. The third-order valence-corrected chi connectivity index (χ3v) is 7.41. The number of hydrogen-bond donors (Lipinski definition) is 0. The van der Waals surface area contributed by atoms with Gasteiger partial charge in [0.2, 0.25) is 0 Å². The predicted molar refractivity (Wildman–Crippen MR) is 63.2 cm³/mol. The van der Waals surface area contributed by atoms with E-state index < -0.39 is 0 Å². The molecule has 1 rings (SSSR count). The van der Waals surface area contributed by atoms with E-state index in [1.54, 1.807) is 0 Å². The molecule has 4 heteroatoms. The second kappa shape index (κ2) is 4.20. The summed E-state index contributed by atoms with van der Waals surface area (Å²) in [6.45, 7) is 4.46. The van der Waals surface area contributed by atoms with Gasteiger partial charge in [-0.05, 0) is 13.8 Å². The fourth-order valence-corrected chi connectivity index (χ4v) is 4.45. The summed E-state index contributed by atoms with van der Waals surface area (Å²) < 4.78 is 0.523. The Morgan fingerprint density at radius 1 is 1.00 bits per heavy atom. The molecule has 0 aliphatic carbocycles. The fourth-order valence-electron chi connectivity index (χ4n) is 0.891. The molecule has 0 aromatic carbocycles. The van der Waals surface area contributed by atoms with E-state index in [4.69, 9.17) is 23.2 Å². The van der Waals surface area contributed by atoms with E-state index in [1.807, 2.05) is 23.5 Å². The summed E-state index contributed by atoms with van der Waals surface area (Å²) in [4.78, 5) is 0. The van der Waals surface area contributed by atoms with Crippen LogP contribution in [-0.4, -0.2) is 32.8 Å². The summed E-state index contributed by atoms with van der Waals surface area (Å²) in [6.07, 6.45) is 0. The van der Waals surface area contributed by atoms with E-state index in [0.717, 1.165) is 23.3 Å². The number of rotatable bonds is 2. The van der Waals surface area contributed by atoms with Crippen LogP contribution in [0.2, 0.25) is 0 Å². The molecule has 0 aromatic rings. The molecule has 12 heavy (non-hydrogen) atoms. The molecule has 0 spiro atoms. The van der Waals surface area contributed by atoms with Gasteiger partial charge in [0.05, 0.1) is 0 Å². The molecular formula is C8H14Cl2S2. The minimum Gasteiger partial charge on any atom is -0.152 e. The standard InChI is InChI=1S/C8H14Cl2S2/c1-7(3-9)5-12-8(2,4-10)6-11-7/h3-6H2,1-2H3. The highest BCUT2D eigenvalue weighted by atomic mass is 35.5. The second-order valence-electron chi connectivity index (χ2n) is 3.74. The first kappa shape index (κ1) is 11.4. The molecule has 1 fully saturated rings. The third kappa shape index (κ3) is 2.63. The van der Waals surface area contributed by atoms with Crippen molar-refractivity contribution in [2.45, 2.75) is 23.3 Å². The summed E-state index contributed by atoms with van der Waals surface area (Å²) in [6, 6.07) is 0. The van der Waals surface area contributed by atoms with Gasteiger partial charge in [0.15, 0.2) is 0 Å². The van der Waals surface area contributed by atoms with Gasteiger partial charge in [-0.3, -0.25) is 0 Å². The van der Waals surface area contributed by atoms with E-state index >= 15 is 0 Å². The van der Waals surface area contributed by atoms with E-state index in [9.17, 15) is 0 Å². The lowest BCUT2D eigenvalue weighted by Crippen LogP contribution is -2.40. The van der Waals surface area contributed by atoms with Crippen LogP contribution in [0.1, 0.15) is 13.8 Å². The highest BCUT2D eigenvalue weighted by Gasteiger charge is 2.37. The Balaban J connectivity index is 2.49. The van der Waals surface area contributed by atoms with Crippen molar-refractivity contribution < 1.29 is 0 Å². The fraction of sp³-hybridized carbons (Fsp3) is 1.00. The van der Waals surface area contributed by atoms with Gasteiger partial charge < -0.3 is 0 Å². The average molecular weight is 245 g/mol. The Kier molecular flexibility index (Phi) is 3.98. The lowest BCUT2D eigenvalue weighted by Gasteiger charge is -2.40. The monoisotopic (exact) mass is 244 g/mol. The molecular weight excluding hydrogens is 231 g/mol.